The van der Waals surface area contributed by atoms with E-state index in [9.17, 15) is 0 Å². The molecule has 300 valence electrons. The number of aryl methyl sites for hydroxylation is 1. The van der Waals surface area contributed by atoms with Gasteiger partial charge in [-0.05, 0) is 112 Å². The van der Waals surface area contributed by atoms with Crippen molar-refractivity contribution in [3.05, 3.63) is 211 Å². The summed E-state index contributed by atoms with van der Waals surface area (Å²) in [6, 6.07) is 68.9. The number of allylic oxidation sites excluding steroid dienone is 1. The van der Waals surface area contributed by atoms with Gasteiger partial charge in [0.05, 0.1) is 16.7 Å². The Morgan fingerprint density at radius 3 is 1.80 bits per heavy atom. The Bertz CT molecular complexity index is 3830. The highest BCUT2D eigenvalue weighted by Gasteiger charge is 2.24. The molecule has 3 aromatic heterocycles. The van der Waals surface area contributed by atoms with Crippen LogP contribution in [0.4, 0.5) is 0 Å². The Morgan fingerprint density at radius 1 is 0.406 bits per heavy atom. The lowest BCUT2D eigenvalue weighted by molar-refractivity contribution is 0.669. The van der Waals surface area contributed by atoms with Gasteiger partial charge in [0.2, 0.25) is 0 Å². The number of fused-ring (bicyclic) bond motifs is 8. The highest BCUT2D eigenvalue weighted by Crippen LogP contribution is 2.44. The number of hydrogen-bond donors (Lipinski definition) is 0. The zero-order valence-electron chi connectivity index (χ0n) is 34.7. The predicted octanol–water partition coefficient (Wildman–Crippen LogP) is 15.3. The third kappa shape index (κ3) is 5.97. The fourth-order valence-electron chi connectivity index (χ4n) is 9.76. The molecule has 1 aliphatic rings. The number of rotatable bonds is 6. The summed E-state index contributed by atoms with van der Waals surface area (Å²) in [7, 11) is 0. The van der Waals surface area contributed by atoms with Crippen molar-refractivity contribution >= 4 is 60.6 Å². The Labute approximate surface area is 369 Å². The highest BCUT2D eigenvalue weighted by atomic mass is 16.3. The lowest BCUT2D eigenvalue weighted by Gasteiger charge is -2.20. The van der Waals surface area contributed by atoms with E-state index in [1.165, 1.54) is 43.7 Å². The van der Waals surface area contributed by atoms with Crippen molar-refractivity contribution in [2.45, 2.75) is 12.8 Å². The fourth-order valence-corrected chi connectivity index (χ4v) is 9.76. The largest absolute Gasteiger partial charge is 0.456 e. The smallest absolute Gasteiger partial charge is 0.164 e. The van der Waals surface area contributed by atoms with Gasteiger partial charge in [0.15, 0.2) is 17.5 Å². The molecule has 9 aromatic carbocycles. The molecular weight excluding hydrogens is 781 g/mol. The second-order valence-corrected chi connectivity index (χ2v) is 16.7. The van der Waals surface area contributed by atoms with E-state index >= 15 is 0 Å². The highest BCUT2D eigenvalue weighted by molar-refractivity contribution is 6.15. The Kier molecular flexibility index (Phi) is 8.28. The molecule has 64 heavy (non-hydrogen) atoms. The van der Waals surface area contributed by atoms with Crippen LogP contribution in [0.25, 0.3) is 123 Å². The maximum Gasteiger partial charge on any atom is 0.164 e. The molecule has 0 aliphatic heterocycles. The number of aromatic nitrogens is 4. The molecule has 0 unspecified atom stereocenters. The topological polar surface area (TPSA) is 56.7 Å². The molecule has 5 nitrogen and oxygen atoms in total. The van der Waals surface area contributed by atoms with Crippen molar-refractivity contribution in [1.29, 1.82) is 0 Å². The maximum absolute atomic E-state index is 6.23. The van der Waals surface area contributed by atoms with Crippen molar-refractivity contribution in [1.82, 2.24) is 19.5 Å². The summed E-state index contributed by atoms with van der Waals surface area (Å²) in [5.41, 5.74) is 14.8. The zero-order valence-corrected chi connectivity index (χ0v) is 34.7. The molecule has 0 N–H and O–H groups in total. The molecule has 0 spiro atoms. The van der Waals surface area contributed by atoms with Gasteiger partial charge in [-0.25, -0.2) is 15.0 Å². The number of nitrogens with zero attached hydrogens (tertiary/aromatic N) is 4. The maximum atomic E-state index is 6.23. The predicted molar refractivity (Wildman–Crippen MR) is 263 cm³/mol. The Hall–Kier alpha value is -8.41. The van der Waals surface area contributed by atoms with E-state index in [4.69, 9.17) is 19.4 Å². The van der Waals surface area contributed by atoms with E-state index in [0.29, 0.717) is 17.5 Å². The van der Waals surface area contributed by atoms with Crippen LogP contribution in [0.1, 0.15) is 17.5 Å². The number of benzene rings is 9. The van der Waals surface area contributed by atoms with Crippen LogP contribution in [0.2, 0.25) is 0 Å². The quantitative estimate of drug-likeness (QED) is 0.168. The summed E-state index contributed by atoms with van der Waals surface area (Å²) in [6.07, 6.45) is 6.69. The van der Waals surface area contributed by atoms with Crippen molar-refractivity contribution in [2.24, 2.45) is 0 Å². The van der Waals surface area contributed by atoms with Crippen molar-refractivity contribution in [3.63, 3.8) is 0 Å². The molecule has 3 heterocycles. The van der Waals surface area contributed by atoms with Crippen LogP contribution in [0.5, 0.6) is 0 Å². The monoisotopic (exact) mass is 818 g/mol. The Balaban J connectivity index is 1.13. The van der Waals surface area contributed by atoms with Crippen molar-refractivity contribution < 1.29 is 4.42 Å². The SMILES string of the molecule is C1=Cc2cc3c(cc2CC1)c1cc2ccccc2cc1n3-c1cc(-c2ccccc2)c(-c2nc(-c3ccccc3)nc(-c3ccc4oc5ccccc5c4c3)n2)cc1-c1ccccc1. The van der Waals surface area contributed by atoms with E-state index in [1.807, 2.05) is 42.5 Å². The molecule has 0 atom stereocenters. The minimum atomic E-state index is 0.590. The van der Waals surface area contributed by atoms with Gasteiger partial charge in [0, 0.05) is 43.8 Å². The van der Waals surface area contributed by atoms with Gasteiger partial charge in [0.25, 0.3) is 0 Å². The van der Waals surface area contributed by atoms with E-state index in [1.54, 1.807) is 0 Å². The summed E-state index contributed by atoms with van der Waals surface area (Å²) in [5.74, 6) is 1.79. The van der Waals surface area contributed by atoms with E-state index < -0.39 is 0 Å². The van der Waals surface area contributed by atoms with Crippen LogP contribution >= 0.6 is 0 Å². The van der Waals surface area contributed by atoms with Gasteiger partial charge < -0.3 is 8.98 Å². The van der Waals surface area contributed by atoms with Crippen LogP contribution in [-0.4, -0.2) is 19.5 Å². The number of furan rings is 1. The van der Waals surface area contributed by atoms with Gasteiger partial charge in [-0.1, -0.05) is 146 Å². The van der Waals surface area contributed by atoms with Crippen molar-refractivity contribution in [2.75, 3.05) is 0 Å². The zero-order chi connectivity index (χ0) is 42.1. The second-order valence-electron chi connectivity index (χ2n) is 16.7. The summed E-state index contributed by atoms with van der Waals surface area (Å²) in [4.78, 5) is 15.9. The first-order valence-electron chi connectivity index (χ1n) is 21.9. The van der Waals surface area contributed by atoms with Gasteiger partial charge in [0.1, 0.15) is 11.2 Å². The van der Waals surface area contributed by atoms with E-state index in [0.717, 1.165) is 79.4 Å². The van der Waals surface area contributed by atoms with Crippen LogP contribution in [0.15, 0.2) is 205 Å². The fraction of sp³-hybridized carbons (Fsp3) is 0.0339. The van der Waals surface area contributed by atoms with E-state index in [-0.39, 0.29) is 0 Å². The number of para-hydroxylation sites is 1. The minimum Gasteiger partial charge on any atom is -0.456 e. The molecule has 0 radical (unpaired) electrons. The summed E-state index contributed by atoms with van der Waals surface area (Å²) in [5, 5.41) is 7.02. The summed E-state index contributed by atoms with van der Waals surface area (Å²) >= 11 is 0. The molecule has 12 aromatic rings. The minimum absolute atomic E-state index is 0.590. The van der Waals surface area contributed by atoms with Crippen LogP contribution in [0, 0.1) is 0 Å². The normalized spacial score (nSPS) is 12.5. The van der Waals surface area contributed by atoms with Crippen LogP contribution in [0.3, 0.4) is 0 Å². The van der Waals surface area contributed by atoms with Gasteiger partial charge >= 0.3 is 0 Å². The standard InChI is InChI=1S/C59H38N4O/c1-4-16-37(17-5-1)46-36-54(63-52-33-42-24-12-10-22-40(42)30-48(52)49-31-41-23-11-13-25-43(41)34-53(49)63)47(38-18-6-2-7-19-38)35-51(46)59-61-57(39-20-8-3-9-21-39)60-58(62-59)44-28-29-56-50(32-44)45-26-14-15-27-55(45)64-56/h1-10,12-22,24-36H,11,23H2. The third-order valence-corrected chi connectivity index (χ3v) is 12.9. The van der Waals surface area contributed by atoms with Crippen LogP contribution < -0.4 is 0 Å². The molecule has 0 bridgehead atoms. The molecule has 5 heteroatoms. The lowest BCUT2D eigenvalue weighted by atomic mass is 9.92. The molecule has 13 rings (SSSR count). The Morgan fingerprint density at radius 2 is 1.02 bits per heavy atom. The number of hydrogen-bond acceptors (Lipinski definition) is 4. The first kappa shape index (κ1) is 36.3. The molecule has 0 saturated carbocycles. The molecule has 0 fully saturated rings. The third-order valence-electron chi connectivity index (χ3n) is 12.9. The molecule has 1 aliphatic carbocycles. The van der Waals surface area contributed by atoms with Gasteiger partial charge in [-0.3, -0.25) is 0 Å². The average Bonchev–Trinajstić information content (AvgIpc) is 3.89. The molecule has 0 amide bonds. The van der Waals surface area contributed by atoms with Gasteiger partial charge in [-0.15, -0.1) is 0 Å². The molecule has 0 saturated heterocycles. The first-order valence-corrected chi connectivity index (χ1v) is 21.9. The summed E-state index contributed by atoms with van der Waals surface area (Å²) in [6.45, 7) is 0. The average molecular weight is 819 g/mol. The second kappa shape index (κ2) is 14.6. The van der Waals surface area contributed by atoms with E-state index in [2.05, 4.69) is 168 Å². The lowest BCUT2D eigenvalue weighted by Crippen LogP contribution is -2.04. The first-order chi connectivity index (χ1) is 31.7. The van der Waals surface area contributed by atoms with Crippen LogP contribution in [-0.2, 0) is 6.42 Å². The summed E-state index contributed by atoms with van der Waals surface area (Å²) < 4.78 is 8.73. The van der Waals surface area contributed by atoms with Gasteiger partial charge in [-0.2, -0.15) is 0 Å². The van der Waals surface area contributed by atoms with Crippen molar-refractivity contribution in [3.8, 4) is 62.1 Å². The molecular formula is C59H38N4O.